The first-order chi connectivity index (χ1) is 13.6. The lowest BCUT2D eigenvalue weighted by atomic mass is 10.0. The van der Waals surface area contributed by atoms with Gasteiger partial charge in [0.2, 0.25) is 0 Å². The lowest BCUT2D eigenvalue weighted by Gasteiger charge is -2.29. The summed E-state index contributed by atoms with van der Waals surface area (Å²) in [6, 6.07) is 20.9. The van der Waals surface area contributed by atoms with Gasteiger partial charge in [0.1, 0.15) is 5.84 Å². The molecule has 1 N–H and O–H groups in total. The van der Waals surface area contributed by atoms with Crippen molar-refractivity contribution in [2.75, 3.05) is 13.2 Å². The van der Waals surface area contributed by atoms with E-state index in [-0.39, 0.29) is 6.61 Å². The van der Waals surface area contributed by atoms with Gasteiger partial charge in [-0.1, -0.05) is 67.2 Å². The van der Waals surface area contributed by atoms with Gasteiger partial charge in [0.25, 0.3) is 0 Å². The number of amidine groups is 1. The van der Waals surface area contributed by atoms with Gasteiger partial charge in [-0.15, -0.1) is 0 Å². The van der Waals surface area contributed by atoms with E-state index in [1.807, 2.05) is 30.3 Å². The maximum atomic E-state index is 9.13. The van der Waals surface area contributed by atoms with Crippen molar-refractivity contribution in [1.82, 2.24) is 4.90 Å². The van der Waals surface area contributed by atoms with Crippen molar-refractivity contribution in [3.63, 3.8) is 0 Å². The van der Waals surface area contributed by atoms with E-state index in [9.17, 15) is 0 Å². The molecule has 0 aliphatic rings. The van der Waals surface area contributed by atoms with Gasteiger partial charge in [0.05, 0.1) is 5.70 Å². The molecular formula is C25H32N2O. The lowest BCUT2D eigenvalue weighted by Crippen LogP contribution is -2.36. The molecule has 2 aromatic carbocycles. The molecule has 148 valence electrons. The Morgan fingerprint density at radius 1 is 1.00 bits per heavy atom. The largest absolute Gasteiger partial charge is 0.396 e. The molecule has 0 heterocycles. The molecule has 0 unspecified atom stereocenters. The number of hydrogen-bond acceptors (Lipinski definition) is 2. The van der Waals surface area contributed by atoms with E-state index < -0.39 is 0 Å². The fraction of sp³-hybridized carbons (Fsp3) is 0.320. The van der Waals surface area contributed by atoms with E-state index in [0.717, 1.165) is 47.6 Å². The molecule has 0 aliphatic heterocycles. The topological polar surface area (TPSA) is 35.8 Å². The third-order valence-corrected chi connectivity index (χ3v) is 4.74. The van der Waals surface area contributed by atoms with Crippen molar-refractivity contribution < 1.29 is 5.11 Å². The number of allylic oxidation sites excluding steroid dienone is 1. The van der Waals surface area contributed by atoms with E-state index in [1.165, 1.54) is 0 Å². The van der Waals surface area contributed by atoms with Gasteiger partial charge in [0, 0.05) is 24.8 Å². The van der Waals surface area contributed by atoms with E-state index in [0.29, 0.717) is 6.04 Å². The molecule has 0 amide bonds. The summed E-state index contributed by atoms with van der Waals surface area (Å²) >= 11 is 0. The second-order valence-corrected chi connectivity index (χ2v) is 7.10. The maximum absolute atomic E-state index is 9.13. The number of aliphatic imine (C=N–C) groups is 1. The van der Waals surface area contributed by atoms with Crippen LogP contribution in [0, 0.1) is 0 Å². The zero-order chi connectivity index (χ0) is 20.4. The minimum Gasteiger partial charge on any atom is -0.396 e. The highest BCUT2D eigenvalue weighted by Gasteiger charge is 2.15. The van der Waals surface area contributed by atoms with Crippen LogP contribution in [0.2, 0.25) is 0 Å². The van der Waals surface area contributed by atoms with E-state index in [1.54, 1.807) is 0 Å². The lowest BCUT2D eigenvalue weighted by molar-refractivity contribution is 0.268. The van der Waals surface area contributed by atoms with Crippen LogP contribution in [-0.4, -0.2) is 35.0 Å². The van der Waals surface area contributed by atoms with Crippen molar-refractivity contribution in [2.24, 2.45) is 4.99 Å². The molecule has 2 rings (SSSR count). The number of aliphatic hydroxyl groups is 1. The van der Waals surface area contributed by atoms with Gasteiger partial charge >= 0.3 is 0 Å². The van der Waals surface area contributed by atoms with Crippen LogP contribution in [0.3, 0.4) is 0 Å². The van der Waals surface area contributed by atoms with Gasteiger partial charge in [-0.3, -0.25) is 0 Å². The Hall–Kier alpha value is -2.65. The Labute approximate surface area is 169 Å². The number of nitrogens with zero attached hydrogens (tertiary/aromatic N) is 2. The van der Waals surface area contributed by atoms with Crippen LogP contribution in [0.1, 0.15) is 44.7 Å². The predicted molar refractivity (Wildman–Crippen MR) is 121 cm³/mol. The zero-order valence-electron chi connectivity index (χ0n) is 17.3. The Balaban J connectivity index is 2.54. The normalized spacial score (nSPS) is 12.7. The van der Waals surface area contributed by atoms with Crippen LogP contribution in [-0.2, 0) is 0 Å². The molecule has 0 aromatic heterocycles. The molecule has 0 radical (unpaired) electrons. The zero-order valence-corrected chi connectivity index (χ0v) is 17.3. The van der Waals surface area contributed by atoms with Gasteiger partial charge < -0.3 is 10.0 Å². The molecule has 0 spiro atoms. The maximum Gasteiger partial charge on any atom is 0.128 e. The first kappa shape index (κ1) is 21.6. The number of hydrogen-bond donors (Lipinski definition) is 1. The molecule has 0 atom stereocenters. The van der Waals surface area contributed by atoms with E-state index in [2.05, 4.69) is 68.6 Å². The van der Waals surface area contributed by atoms with Gasteiger partial charge in [-0.2, -0.15) is 0 Å². The summed E-state index contributed by atoms with van der Waals surface area (Å²) in [5.74, 6) is 0.863. The number of rotatable bonds is 9. The monoisotopic (exact) mass is 376 g/mol. The first-order valence-electron chi connectivity index (χ1n) is 9.98. The molecule has 0 aliphatic carbocycles. The molecule has 3 heteroatoms. The Morgan fingerprint density at radius 2 is 1.57 bits per heavy atom. The number of benzene rings is 2. The summed E-state index contributed by atoms with van der Waals surface area (Å²) in [5.41, 5.74) is 4.33. The average Bonchev–Trinajstić information content (AvgIpc) is 2.73. The summed E-state index contributed by atoms with van der Waals surface area (Å²) in [6.07, 6.45) is 3.54. The Bertz CT molecular complexity index is 792. The SMILES string of the molecule is C=CC(=N/C(=C(\C)c1ccccc1)c1ccccc1)N(CCCCO)C(C)C. The van der Waals surface area contributed by atoms with Crippen LogP contribution >= 0.6 is 0 Å². The molecule has 0 fully saturated rings. The molecule has 0 saturated carbocycles. The molecular weight excluding hydrogens is 344 g/mol. The van der Waals surface area contributed by atoms with Crippen LogP contribution in [0.25, 0.3) is 11.3 Å². The van der Waals surface area contributed by atoms with Crippen LogP contribution in [0.15, 0.2) is 78.3 Å². The third-order valence-electron chi connectivity index (χ3n) is 4.74. The molecule has 3 nitrogen and oxygen atoms in total. The minimum absolute atomic E-state index is 0.217. The summed E-state index contributed by atoms with van der Waals surface area (Å²) in [6.45, 7) is 11.5. The summed E-state index contributed by atoms with van der Waals surface area (Å²) in [4.78, 5) is 7.34. The van der Waals surface area contributed by atoms with Crippen molar-refractivity contribution >= 4 is 17.1 Å². The second kappa shape index (κ2) is 11.3. The number of unbranched alkanes of at least 4 members (excludes halogenated alkanes) is 1. The van der Waals surface area contributed by atoms with E-state index in [4.69, 9.17) is 10.1 Å². The van der Waals surface area contributed by atoms with Crippen LogP contribution in [0.5, 0.6) is 0 Å². The highest BCUT2D eigenvalue weighted by Crippen LogP contribution is 2.28. The quantitative estimate of drug-likeness (QED) is 0.266. The first-order valence-corrected chi connectivity index (χ1v) is 9.98. The van der Waals surface area contributed by atoms with Crippen molar-refractivity contribution in [1.29, 1.82) is 0 Å². The van der Waals surface area contributed by atoms with Gasteiger partial charge in [-0.25, -0.2) is 4.99 Å². The summed E-state index contributed by atoms with van der Waals surface area (Å²) in [5, 5.41) is 9.13. The standard InChI is InChI=1S/C25H32N2O/c1-5-24(27(20(2)3)18-12-13-19-28)26-25(23-16-10-7-11-17-23)21(4)22-14-8-6-9-15-22/h5-11,14-17,20,28H,1,12-13,18-19H2,2-4H3/b25-21+,26-24?. The third kappa shape index (κ3) is 5.93. The van der Waals surface area contributed by atoms with Gasteiger partial charge in [0.15, 0.2) is 0 Å². The van der Waals surface area contributed by atoms with E-state index >= 15 is 0 Å². The fourth-order valence-corrected chi connectivity index (χ4v) is 3.16. The summed E-state index contributed by atoms with van der Waals surface area (Å²) in [7, 11) is 0. The van der Waals surface area contributed by atoms with Crippen molar-refractivity contribution in [3.8, 4) is 0 Å². The molecule has 28 heavy (non-hydrogen) atoms. The molecule has 2 aromatic rings. The van der Waals surface area contributed by atoms with Crippen LogP contribution < -0.4 is 0 Å². The fourth-order valence-electron chi connectivity index (χ4n) is 3.16. The number of aliphatic hydroxyl groups excluding tert-OH is 1. The summed E-state index contributed by atoms with van der Waals surface area (Å²) < 4.78 is 0. The smallest absolute Gasteiger partial charge is 0.128 e. The minimum atomic E-state index is 0.217. The molecule has 0 bridgehead atoms. The Morgan fingerprint density at radius 3 is 2.07 bits per heavy atom. The highest BCUT2D eigenvalue weighted by molar-refractivity contribution is 6.00. The van der Waals surface area contributed by atoms with Gasteiger partial charge in [-0.05, 0) is 50.8 Å². The second-order valence-electron chi connectivity index (χ2n) is 7.10. The molecule has 0 saturated heterocycles. The average molecular weight is 377 g/mol. The highest BCUT2D eigenvalue weighted by atomic mass is 16.2. The van der Waals surface area contributed by atoms with Crippen LogP contribution in [0.4, 0.5) is 0 Å². The predicted octanol–water partition coefficient (Wildman–Crippen LogP) is 5.64. The van der Waals surface area contributed by atoms with Crippen molar-refractivity contribution in [3.05, 3.63) is 84.4 Å². The Kier molecular flexibility index (Phi) is 8.70. The van der Waals surface area contributed by atoms with Crippen molar-refractivity contribution in [2.45, 2.75) is 39.7 Å².